The van der Waals surface area contributed by atoms with Crippen molar-refractivity contribution in [3.05, 3.63) is 57.8 Å². The van der Waals surface area contributed by atoms with Crippen LogP contribution in [-0.2, 0) is 16.4 Å². The number of benzene rings is 1. The largest absolute Gasteiger partial charge is 0.386 e. The molecule has 0 bridgehead atoms. The van der Waals surface area contributed by atoms with Crippen LogP contribution in [0, 0.1) is 6.92 Å². The molecule has 0 aliphatic rings. The highest BCUT2D eigenvalue weighted by molar-refractivity contribution is 7.89. The van der Waals surface area contributed by atoms with Gasteiger partial charge >= 0.3 is 0 Å². The normalized spacial score (nSPS) is 13.2. The third kappa shape index (κ3) is 4.93. The van der Waals surface area contributed by atoms with Crippen molar-refractivity contribution in [1.82, 2.24) is 4.72 Å². The molecule has 1 aromatic carbocycles. The van der Waals surface area contributed by atoms with E-state index in [-0.39, 0.29) is 12.3 Å². The van der Waals surface area contributed by atoms with E-state index in [2.05, 4.69) is 4.72 Å². The molecule has 6 heteroatoms. The molecule has 1 aromatic heterocycles. The van der Waals surface area contributed by atoms with E-state index < -0.39 is 16.1 Å². The number of nitrogens with one attached hydrogen (secondary N) is 1. The Hall–Kier alpha value is -1.21. The molecule has 0 amide bonds. The first-order chi connectivity index (χ1) is 9.98. The van der Waals surface area contributed by atoms with Gasteiger partial charge in [-0.1, -0.05) is 30.3 Å². The summed E-state index contributed by atoms with van der Waals surface area (Å²) in [5, 5.41) is 11.9. The first-order valence-corrected chi connectivity index (χ1v) is 9.24. The minimum atomic E-state index is -3.38. The molecule has 2 rings (SSSR count). The van der Waals surface area contributed by atoms with Gasteiger partial charge in [0, 0.05) is 11.4 Å². The van der Waals surface area contributed by atoms with Crippen molar-refractivity contribution >= 4 is 21.4 Å². The van der Waals surface area contributed by atoms with E-state index in [4.69, 9.17) is 0 Å². The van der Waals surface area contributed by atoms with Crippen molar-refractivity contribution < 1.29 is 13.5 Å². The predicted octanol–water partition coefficient (Wildman–Crippen LogP) is 2.25. The summed E-state index contributed by atoms with van der Waals surface area (Å²) in [6, 6.07) is 11.4. The Bertz CT molecular complexity index is 665. The number of thiophene rings is 1. The number of aliphatic hydroxyl groups is 1. The average molecular weight is 325 g/mol. The fraction of sp³-hybridized carbons (Fsp3) is 0.333. The van der Waals surface area contributed by atoms with Crippen LogP contribution >= 0.6 is 11.3 Å². The summed E-state index contributed by atoms with van der Waals surface area (Å²) in [6.45, 7) is 1.91. The molecule has 114 valence electrons. The maximum Gasteiger partial charge on any atom is 0.212 e. The fourth-order valence-electron chi connectivity index (χ4n) is 1.99. The van der Waals surface area contributed by atoms with Crippen molar-refractivity contribution in [2.24, 2.45) is 0 Å². The zero-order valence-electron chi connectivity index (χ0n) is 11.8. The van der Waals surface area contributed by atoms with Crippen LogP contribution in [0.1, 0.15) is 22.1 Å². The van der Waals surface area contributed by atoms with Gasteiger partial charge in [0.1, 0.15) is 6.10 Å². The lowest BCUT2D eigenvalue weighted by Crippen LogP contribution is -2.31. The summed E-state index contributed by atoms with van der Waals surface area (Å²) < 4.78 is 26.4. The van der Waals surface area contributed by atoms with Gasteiger partial charge in [-0.25, -0.2) is 13.1 Å². The standard InChI is InChI=1S/C15H19NO3S2/c1-12-7-9-20-15(12)14(17)11-16-21(18,19)10-8-13-5-3-2-4-6-13/h2-7,9,14,16-17H,8,10-11H2,1H3/t14-/m1/s1. The molecule has 0 fully saturated rings. The van der Waals surface area contributed by atoms with Gasteiger partial charge in [0.15, 0.2) is 0 Å². The molecule has 1 atom stereocenters. The van der Waals surface area contributed by atoms with Crippen LogP contribution in [0.15, 0.2) is 41.8 Å². The summed E-state index contributed by atoms with van der Waals surface area (Å²) in [6.07, 6.45) is -0.332. The Morgan fingerprint density at radius 3 is 2.57 bits per heavy atom. The lowest BCUT2D eigenvalue weighted by molar-refractivity contribution is 0.185. The molecule has 0 aliphatic carbocycles. The van der Waals surface area contributed by atoms with Crippen molar-refractivity contribution in [2.45, 2.75) is 19.4 Å². The van der Waals surface area contributed by atoms with Crippen LogP contribution < -0.4 is 4.72 Å². The van der Waals surface area contributed by atoms with Crippen LogP contribution in [0.25, 0.3) is 0 Å². The monoisotopic (exact) mass is 325 g/mol. The van der Waals surface area contributed by atoms with E-state index in [1.54, 1.807) is 0 Å². The number of hydrogen-bond donors (Lipinski definition) is 2. The van der Waals surface area contributed by atoms with Crippen LogP contribution in [-0.4, -0.2) is 25.8 Å². The summed E-state index contributed by atoms with van der Waals surface area (Å²) in [5.41, 5.74) is 1.97. The van der Waals surface area contributed by atoms with E-state index in [1.165, 1.54) is 11.3 Å². The van der Waals surface area contributed by atoms with Gasteiger partial charge in [0.05, 0.1) is 5.75 Å². The second kappa shape index (κ2) is 7.17. The SMILES string of the molecule is Cc1ccsc1[C@H](O)CNS(=O)(=O)CCc1ccccc1. The van der Waals surface area contributed by atoms with E-state index in [0.717, 1.165) is 16.0 Å². The van der Waals surface area contributed by atoms with Crippen LogP contribution in [0.3, 0.4) is 0 Å². The van der Waals surface area contributed by atoms with Gasteiger partial charge in [-0.05, 0) is 35.9 Å². The topological polar surface area (TPSA) is 66.4 Å². The van der Waals surface area contributed by atoms with Crippen molar-refractivity contribution in [1.29, 1.82) is 0 Å². The summed E-state index contributed by atoms with van der Waals surface area (Å²) in [5.74, 6) is 0.0210. The average Bonchev–Trinajstić information content (AvgIpc) is 2.90. The minimum absolute atomic E-state index is 0.0124. The Kier molecular flexibility index (Phi) is 5.52. The Morgan fingerprint density at radius 1 is 1.24 bits per heavy atom. The highest BCUT2D eigenvalue weighted by Gasteiger charge is 2.16. The zero-order chi connectivity index (χ0) is 15.3. The third-order valence-electron chi connectivity index (χ3n) is 3.20. The minimum Gasteiger partial charge on any atom is -0.386 e. The first-order valence-electron chi connectivity index (χ1n) is 6.71. The second-order valence-electron chi connectivity index (χ2n) is 4.89. The lowest BCUT2D eigenvalue weighted by Gasteiger charge is -2.12. The maximum atomic E-state index is 11.9. The van der Waals surface area contributed by atoms with Crippen LogP contribution in [0.5, 0.6) is 0 Å². The van der Waals surface area contributed by atoms with Crippen LogP contribution in [0.4, 0.5) is 0 Å². The number of hydrogen-bond acceptors (Lipinski definition) is 4. The first kappa shape index (κ1) is 16.2. The van der Waals surface area contributed by atoms with E-state index in [1.807, 2.05) is 48.7 Å². The molecular formula is C15H19NO3S2. The van der Waals surface area contributed by atoms with Crippen molar-refractivity contribution in [3.63, 3.8) is 0 Å². The van der Waals surface area contributed by atoms with E-state index >= 15 is 0 Å². The highest BCUT2D eigenvalue weighted by Crippen LogP contribution is 2.23. The number of rotatable bonds is 7. The number of aryl methyl sites for hydroxylation is 2. The zero-order valence-corrected chi connectivity index (χ0v) is 13.5. The Labute approximate surface area is 129 Å². The van der Waals surface area contributed by atoms with Gasteiger partial charge in [0.25, 0.3) is 0 Å². The predicted molar refractivity (Wildman–Crippen MR) is 86.0 cm³/mol. The summed E-state index contributed by atoms with van der Waals surface area (Å²) >= 11 is 1.43. The number of aliphatic hydroxyl groups excluding tert-OH is 1. The van der Waals surface area contributed by atoms with Crippen molar-refractivity contribution in [3.8, 4) is 0 Å². The summed E-state index contributed by atoms with van der Waals surface area (Å²) in [7, 11) is -3.38. The van der Waals surface area contributed by atoms with E-state index in [0.29, 0.717) is 6.42 Å². The number of sulfonamides is 1. The molecule has 4 nitrogen and oxygen atoms in total. The molecular weight excluding hydrogens is 306 g/mol. The fourth-order valence-corrected chi connectivity index (χ4v) is 3.97. The van der Waals surface area contributed by atoms with Crippen LogP contribution in [0.2, 0.25) is 0 Å². The summed E-state index contributed by atoms with van der Waals surface area (Å²) in [4.78, 5) is 0.806. The molecule has 2 N–H and O–H groups in total. The third-order valence-corrected chi connectivity index (χ3v) is 5.67. The molecule has 0 saturated heterocycles. The molecule has 0 saturated carbocycles. The molecule has 0 spiro atoms. The maximum absolute atomic E-state index is 11.9. The van der Waals surface area contributed by atoms with Gasteiger partial charge in [-0.15, -0.1) is 11.3 Å². The lowest BCUT2D eigenvalue weighted by atomic mass is 10.2. The molecule has 1 heterocycles. The Morgan fingerprint density at radius 2 is 1.95 bits per heavy atom. The van der Waals surface area contributed by atoms with Gasteiger partial charge in [-0.2, -0.15) is 0 Å². The molecule has 0 unspecified atom stereocenters. The smallest absolute Gasteiger partial charge is 0.212 e. The molecule has 2 aromatic rings. The van der Waals surface area contributed by atoms with E-state index in [9.17, 15) is 13.5 Å². The molecule has 0 aliphatic heterocycles. The second-order valence-corrected chi connectivity index (χ2v) is 7.76. The van der Waals surface area contributed by atoms with Gasteiger partial charge in [-0.3, -0.25) is 0 Å². The van der Waals surface area contributed by atoms with Gasteiger partial charge in [0.2, 0.25) is 10.0 Å². The quantitative estimate of drug-likeness (QED) is 0.820. The molecule has 0 radical (unpaired) electrons. The Balaban J connectivity index is 1.85. The van der Waals surface area contributed by atoms with Gasteiger partial charge < -0.3 is 5.11 Å². The highest BCUT2D eigenvalue weighted by atomic mass is 32.2. The van der Waals surface area contributed by atoms with Crippen molar-refractivity contribution in [2.75, 3.05) is 12.3 Å². The molecule has 21 heavy (non-hydrogen) atoms.